The van der Waals surface area contributed by atoms with E-state index in [4.69, 9.17) is 16.6 Å². The van der Waals surface area contributed by atoms with Crippen LogP contribution in [0.2, 0.25) is 5.02 Å². The van der Waals surface area contributed by atoms with Crippen molar-refractivity contribution in [3.63, 3.8) is 0 Å². The van der Waals surface area contributed by atoms with Crippen LogP contribution in [0.25, 0.3) is 23.2 Å². The minimum Gasteiger partial charge on any atom is -0.324 e. The van der Waals surface area contributed by atoms with Gasteiger partial charge in [-0.05, 0) is 48.2 Å². The van der Waals surface area contributed by atoms with Gasteiger partial charge in [0.1, 0.15) is 5.82 Å². The van der Waals surface area contributed by atoms with Gasteiger partial charge in [0.05, 0.1) is 11.0 Å². The lowest BCUT2D eigenvalue weighted by Gasteiger charge is -2.22. The van der Waals surface area contributed by atoms with Gasteiger partial charge in [-0.15, -0.1) is 0 Å². The molecule has 2 aromatic carbocycles. The maximum absolute atomic E-state index is 5.98. The molecule has 0 amide bonds. The molecular weight excluding hydrogens is 340 g/mol. The Morgan fingerprint density at radius 1 is 0.962 bits per heavy atom. The summed E-state index contributed by atoms with van der Waals surface area (Å²) in [6.45, 7) is 1.05. The summed E-state index contributed by atoms with van der Waals surface area (Å²) in [6, 6.07) is 16.4. The van der Waals surface area contributed by atoms with Crippen molar-refractivity contribution in [1.29, 1.82) is 0 Å². The van der Waals surface area contributed by atoms with Crippen LogP contribution in [0.15, 0.2) is 48.5 Å². The van der Waals surface area contributed by atoms with Crippen LogP contribution in [-0.2, 0) is 6.54 Å². The van der Waals surface area contributed by atoms with E-state index in [1.165, 1.54) is 44.0 Å². The van der Waals surface area contributed by atoms with Gasteiger partial charge in [0.25, 0.3) is 0 Å². The molecule has 0 saturated heterocycles. The van der Waals surface area contributed by atoms with Crippen LogP contribution in [0, 0.1) is 5.92 Å². The number of halogens is 1. The number of para-hydroxylation sites is 2. The van der Waals surface area contributed by atoms with Crippen molar-refractivity contribution in [2.45, 2.75) is 45.1 Å². The third-order valence-electron chi connectivity index (χ3n) is 5.46. The summed E-state index contributed by atoms with van der Waals surface area (Å²) in [5.74, 6) is 1.91. The molecule has 0 radical (unpaired) electrons. The van der Waals surface area contributed by atoms with E-state index in [9.17, 15) is 0 Å². The fourth-order valence-electron chi connectivity index (χ4n) is 3.99. The standard InChI is InChI=1S/C23H25ClN2/c24-20-13-10-19(11-14-20)12-15-23-25-21-8-4-5-9-22(21)26(23)17-16-18-6-2-1-3-7-18/h4-5,8-15,18H,1-3,6-7,16-17H2/b15-12+. The quantitative estimate of drug-likeness (QED) is 0.485. The summed E-state index contributed by atoms with van der Waals surface area (Å²) in [5.41, 5.74) is 3.45. The number of rotatable bonds is 5. The molecule has 1 aromatic heterocycles. The molecule has 0 bridgehead atoms. The van der Waals surface area contributed by atoms with Crippen molar-refractivity contribution < 1.29 is 0 Å². The SMILES string of the molecule is Clc1ccc(/C=C/c2nc3ccccc3n2CCC2CCCCC2)cc1. The zero-order valence-corrected chi connectivity index (χ0v) is 15.8. The summed E-state index contributed by atoms with van der Waals surface area (Å²) in [6.07, 6.45) is 12.5. The predicted molar refractivity (Wildman–Crippen MR) is 111 cm³/mol. The lowest BCUT2D eigenvalue weighted by Crippen LogP contribution is -2.11. The van der Waals surface area contributed by atoms with E-state index in [2.05, 4.69) is 41.0 Å². The molecule has 0 aliphatic heterocycles. The fraction of sp³-hybridized carbons (Fsp3) is 0.348. The van der Waals surface area contributed by atoms with Gasteiger partial charge in [0.2, 0.25) is 0 Å². The van der Waals surface area contributed by atoms with Gasteiger partial charge in [-0.25, -0.2) is 4.98 Å². The average Bonchev–Trinajstić information content (AvgIpc) is 3.04. The minimum absolute atomic E-state index is 0.766. The van der Waals surface area contributed by atoms with Crippen LogP contribution in [0.5, 0.6) is 0 Å². The zero-order valence-electron chi connectivity index (χ0n) is 15.1. The number of hydrogen-bond donors (Lipinski definition) is 0. The smallest absolute Gasteiger partial charge is 0.133 e. The Morgan fingerprint density at radius 3 is 2.54 bits per heavy atom. The van der Waals surface area contributed by atoms with Crippen molar-refractivity contribution >= 4 is 34.8 Å². The van der Waals surface area contributed by atoms with Gasteiger partial charge in [-0.2, -0.15) is 0 Å². The van der Waals surface area contributed by atoms with Crippen molar-refractivity contribution in [3.05, 3.63) is 64.9 Å². The molecule has 4 rings (SSSR count). The van der Waals surface area contributed by atoms with E-state index in [0.29, 0.717) is 0 Å². The third kappa shape index (κ3) is 4.02. The first-order valence-corrected chi connectivity index (χ1v) is 10.1. The van der Waals surface area contributed by atoms with Gasteiger partial charge in [0, 0.05) is 11.6 Å². The van der Waals surface area contributed by atoms with Gasteiger partial charge in [-0.3, -0.25) is 0 Å². The molecule has 0 atom stereocenters. The van der Waals surface area contributed by atoms with E-state index in [1.54, 1.807) is 0 Å². The van der Waals surface area contributed by atoms with Gasteiger partial charge < -0.3 is 4.57 Å². The first-order chi connectivity index (χ1) is 12.8. The molecule has 1 heterocycles. The highest BCUT2D eigenvalue weighted by Crippen LogP contribution is 2.28. The summed E-state index contributed by atoms with van der Waals surface area (Å²) < 4.78 is 2.39. The molecule has 1 fully saturated rings. The van der Waals surface area contributed by atoms with Gasteiger partial charge >= 0.3 is 0 Å². The maximum atomic E-state index is 5.98. The lowest BCUT2D eigenvalue weighted by atomic mass is 9.87. The van der Waals surface area contributed by atoms with Crippen molar-refractivity contribution in [1.82, 2.24) is 9.55 Å². The van der Waals surface area contributed by atoms with Gasteiger partial charge in [0.15, 0.2) is 0 Å². The summed E-state index contributed by atoms with van der Waals surface area (Å²) in [5, 5.41) is 0.766. The molecule has 26 heavy (non-hydrogen) atoms. The molecule has 1 aliphatic carbocycles. The number of benzene rings is 2. The fourth-order valence-corrected chi connectivity index (χ4v) is 4.11. The van der Waals surface area contributed by atoms with E-state index in [0.717, 1.165) is 34.4 Å². The molecule has 0 N–H and O–H groups in total. The monoisotopic (exact) mass is 364 g/mol. The highest BCUT2D eigenvalue weighted by Gasteiger charge is 2.15. The largest absolute Gasteiger partial charge is 0.324 e. The highest BCUT2D eigenvalue weighted by atomic mass is 35.5. The Bertz CT molecular complexity index is 886. The molecule has 2 nitrogen and oxygen atoms in total. The van der Waals surface area contributed by atoms with Crippen molar-refractivity contribution in [2.24, 2.45) is 5.92 Å². The number of fused-ring (bicyclic) bond motifs is 1. The molecular formula is C23H25ClN2. The topological polar surface area (TPSA) is 17.8 Å². The zero-order chi connectivity index (χ0) is 17.8. The molecule has 3 aromatic rings. The van der Waals surface area contributed by atoms with Crippen LogP contribution in [-0.4, -0.2) is 9.55 Å². The number of aryl methyl sites for hydroxylation is 1. The van der Waals surface area contributed by atoms with Crippen LogP contribution in [0.1, 0.15) is 49.9 Å². The van der Waals surface area contributed by atoms with Crippen molar-refractivity contribution in [2.75, 3.05) is 0 Å². The first kappa shape index (κ1) is 17.4. The first-order valence-electron chi connectivity index (χ1n) is 9.68. The Kier molecular flexibility index (Phi) is 5.40. The Labute approximate surface area is 160 Å². The predicted octanol–water partition coefficient (Wildman–Crippen LogP) is 6.83. The van der Waals surface area contributed by atoms with Crippen LogP contribution in [0.3, 0.4) is 0 Å². The molecule has 1 aliphatic rings. The number of nitrogens with zero attached hydrogens (tertiary/aromatic N) is 2. The Hall–Kier alpha value is -2.06. The van der Waals surface area contributed by atoms with Crippen LogP contribution >= 0.6 is 11.6 Å². The second kappa shape index (κ2) is 8.09. The second-order valence-corrected chi connectivity index (χ2v) is 7.72. The lowest BCUT2D eigenvalue weighted by molar-refractivity contribution is 0.325. The third-order valence-corrected chi connectivity index (χ3v) is 5.72. The minimum atomic E-state index is 0.766. The van der Waals surface area contributed by atoms with Gasteiger partial charge in [-0.1, -0.05) is 74.0 Å². The van der Waals surface area contributed by atoms with Crippen LogP contribution in [0.4, 0.5) is 0 Å². The van der Waals surface area contributed by atoms with E-state index in [-0.39, 0.29) is 0 Å². The number of imidazole rings is 1. The molecule has 134 valence electrons. The summed E-state index contributed by atoms with van der Waals surface area (Å²) in [4.78, 5) is 4.86. The molecule has 0 spiro atoms. The molecule has 0 unspecified atom stereocenters. The second-order valence-electron chi connectivity index (χ2n) is 7.29. The van der Waals surface area contributed by atoms with Crippen LogP contribution < -0.4 is 0 Å². The Balaban J connectivity index is 1.59. The van der Waals surface area contributed by atoms with E-state index in [1.807, 2.05) is 24.3 Å². The summed E-state index contributed by atoms with van der Waals surface area (Å²) in [7, 11) is 0. The molecule has 3 heteroatoms. The van der Waals surface area contributed by atoms with E-state index >= 15 is 0 Å². The average molecular weight is 365 g/mol. The van der Waals surface area contributed by atoms with E-state index < -0.39 is 0 Å². The highest BCUT2D eigenvalue weighted by molar-refractivity contribution is 6.30. The number of aromatic nitrogens is 2. The normalized spacial score (nSPS) is 15.9. The number of hydrogen-bond acceptors (Lipinski definition) is 1. The maximum Gasteiger partial charge on any atom is 0.133 e. The Morgan fingerprint density at radius 2 is 1.73 bits per heavy atom. The van der Waals surface area contributed by atoms with Crippen molar-refractivity contribution in [3.8, 4) is 0 Å². The molecule has 1 saturated carbocycles. The summed E-state index contributed by atoms with van der Waals surface area (Å²) >= 11 is 5.98.